The number of aliphatic carboxylic acids is 1. The molecule has 1 aliphatic heterocycles. The van der Waals surface area contributed by atoms with Crippen LogP contribution in [0.2, 0.25) is 0 Å². The lowest BCUT2D eigenvalue weighted by Gasteiger charge is -2.59. The number of carboxylic acid groups (broad SMARTS) is 1. The van der Waals surface area contributed by atoms with Crippen LogP contribution in [0.4, 0.5) is 0 Å². The fourth-order valence-corrected chi connectivity index (χ4v) is 9.21. The number of rotatable bonds is 4. The van der Waals surface area contributed by atoms with E-state index < -0.39 is 5.97 Å². The molecule has 5 fully saturated rings. The zero-order valence-corrected chi connectivity index (χ0v) is 17.8. The highest BCUT2D eigenvalue weighted by molar-refractivity contribution is 5.66. The van der Waals surface area contributed by atoms with Gasteiger partial charge in [-0.1, -0.05) is 20.8 Å². The third-order valence-corrected chi connectivity index (χ3v) is 10.6. The molecule has 0 aromatic carbocycles. The van der Waals surface area contributed by atoms with Gasteiger partial charge in [0.25, 0.3) is 0 Å². The topological polar surface area (TPSA) is 70.1 Å². The Morgan fingerprint density at radius 1 is 1.14 bits per heavy atom. The molecule has 1 heterocycles. The Morgan fingerprint density at radius 2 is 1.89 bits per heavy atom. The third kappa shape index (κ3) is 2.40. The SMILES string of the molecule is CC(CCC(=O)O)C1CCC2C3CCC4CC(O)CCC4(C)C34OC4CC12C. The summed E-state index contributed by atoms with van der Waals surface area (Å²) in [6.07, 6.45) is 10.7. The van der Waals surface area contributed by atoms with E-state index in [4.69, 9.17) is 9.84 Å². The van der Waals surface area contributed by atoms with Gasteiger partial charge in [-0.15, -0.1) is 0 Å². The number of carbonyl (C=O) groups is 1. The second kappa shape index (κ2) is 6.20. The van der Waals surface area contributed by atoms with Gasteiger partial charge in [-0.05, 0) is 92.8 Å². The molecule has 0 aromatic rings. The number of ether oxygens (including phenoxy) is 1. The molecule has 2 N–H and O–H groups in total. The summed E-state index contributed by atoms with van der Waals surface area (Å²) in [4.78, 5) is 11.1. The van der Waals surface area contributed by atoms with Gasteiger partial charge in [0.1, 0.15) is 5.60 Å². The largest absolute Gasteiger partial charge is 0.481 e. The lowest BCUT2D eigenvalue weighted by atomic mass is 9.44. The van der Waals surface area contributed by atoms with Crippen molar-refractivity contribution in [1.29, 1.82) is 0 Å². The smallest absolute Gasteiger partial charge is 0.303 e. The maximum absolute atomic E-state index is 11.1. The van der Waals surface area contributed by atoms with Gasteiger partial charge in [0.05, 0.1) is 12.2 Å². The molecule has 4 nitrogen and oxygen atoms in total. The maximum atomic E-state index is 11.1. The molecule has 158 valence electrons. The minimum Gasteiger partial charge on any atom is -0.481 e. The Kier molecular flexibility index (Phi) is 4.29. The van der Waals surface area contributed by atoms with E-state index >= 15 is 0 Å². The van der Waals surface area contributed by atoms with E-state index in [9.17, 15) is 9.90 Å². The van der Waals surface area contributed by atoms with Crippen LogP contribution >= 0.6 is 0 Å². The molecule has 0 bridgehead atoms. The standard InChI is InChI=1S/C24H38O4/c1-14(4-9-21(26)27)17-7-8-18-19-6-5-15-12-16(25)10-11-23(15,3)24(19)20(28-24)13-22(17,18)2/h14-20,25H,4-13H2,1-3H3,(H,26,27). The molecule has 1 saturated heterocycles. The lowest BCUT2D eigenvalue weighted by molar-refractivity contribution is -0.137. The van der Waals surface area contributed by atoms with Crippen molar-refractivity contribution in [3.8, 4) is 0 Å². The minimum atomic E-state index is -0.662. The van der Waals surface area contributed by atoms with Crippen LogP contribution in [0.1, 0.15) is 85.0 Å². The summed E-state index contributed by atoms with van der Waals surface area (Å²) in [6.45, 7) is 7.29. The van der Waals surface area contributed by atoms with Crippen LogP contribution in [-0.2, 0) is 9.53 Å². The van der Waals surface area contributed by atoms with Crippen LogP contribution in [0.15, 0.2) is 0 Å². The van der Waals surface area contributed by atoms with Crippen LogP contribution in [0.5, 0.6) is 0 Å². The molecular formula is C24H38O4. The highest BCUT2D eigenvalue weighted by Gasteiger charge is 2.79. The minimum absolute atomic E-state index is 0.0828. The first-order valence-corrected chi connectivity index (χ1v) is 11.8. The van der Waals surface area contributed by atoms with Gasteiger partial charge in [0.15, 0.2) is 0 Å². The maximum Gasteiger partial charge on any atom is 0.303 e. The zero-order valence-electron chi connectivity index (χ0n) is 17.8. The highest BCUT2D eigenvalue weighted by Crippen LogP contribution is 2.76. The van der Waals surface area contributed by atoms with Crippen LogP contribution in [0.25, 0.3) is 0 Å². The monoisotopic (exact) mass is 390 g/mol. The van der Waals surface area contributed by atoms with Gasteiger partial charge in [-0.25, -0.2) is 0 Å². The molecule has 0 aromatic heterocycles. The van der Waals surface area contributed by atoms with E-state index in [1.54, 1.807) is 0 Å². The number of hydrogen-bond acceptors (Lipinski definition) is 3. The van der Waals surface area contributed by atoms with Crippen molar-refractivity contribution in [2.75, 3.05) is 0 Å². The van der Waals surface area contributed by atoms with Crippen LogP contribution in [0.3, 0.4) is 0 Å². The van der Waals surface area contributed by atoms with E-state index in [2.05, 4.69) is 20.8 Å². The van der Waals surface area contributed by atoms with Crippen molar-refractivity contribution in [3.05, 3.63) is 0 Å². The molecule has 4 aliphatic carbocycles. The van der Waals surface area contributed by atoms with Crippen LogP contribution in [0, 0.1) is 40.4 Å². The second-order valence-corrected chi connectivity index (χ2v) is 11.5. The summed E-state index contributed by atoms with van der Waals surface area (Å²) in [5.74, 6) is 2.48. The van der Waals surface area contributed by atoms with Crippen molar-refractivity contribution in [2.45, 2.75) is 103 Å². The normalized spacial score (nSPS) is 55.4. The summed E-state index contributed by atoms with van der Waals surface area (Å²) in [7, 11) is 0. The van der Waals surface area contributed by atoms with Gasteiger partial charge < -0.3 is 14.9 Å². The average molecular weight is 391 g/mol. The van der Waals surface area contributed by atoms with E-state index in [0.29, 0.717) is 41.6 Å². The molecular weight excluding hydrogens is 352 g/mol. The van der Waals surface area contributed by atoms with Crippen molar-refractivity contribution in [3.63, 3.8) is 0 Å². The zero-order chi connectivity index (χ0) is 19.9. The number of fused-ring (bicyclic) bond motifs is 3. The van der Waals surface area contributed by atoms with E-state index in [1.165, 1.54) is 32.1 Å². The first-order chi connectivity index (χ1) is 13.2. The number of aliphatic hydroxyl groups excluding tert-OH is 1. The van der Waals surface area contributed by atoms with Gasteiger partial charge in [-0.2, -0.15) is 0 Å². The Hall–Kier alpha value is -0.610. The Balaban J connectivity index is 1.40. The molecule has 10 unspecified atom stereocenters. The molecule has 5 rings (SSSR count). The summed E-state index contributed by atoms with van der Waals surface area (Å²) < 4.78 is 6.73. The number of hydrogen-bond donors (Lipinski definition) is 2. The number of epoxide rings is 1. The molecule has 0 radical (unpaired) electrons. The summed E-state index contributed by atoms with van der Waals surface area (Å²) in [5, 5.41) is 19.4. The van der Waals surface area contributed by atoms with Crippen molar-refractivity contribution in [1.82, 2.24) is 0 Å². The highest BCUT2D eigenvalue weighted by atomic mass is 16.6. The van der Waals surface area contributed by atoms with E-state index in [1.807, 2.05) is 0 Å². The first-order valence-electron chi connectivity index (χ1n) is 11.8. The third-order valence-electron chi connectivity index (χ3n) is 10.6. The summed E-state index contributed by atoms with van der Waals surface area (Å²) in [6, 6.07) is 0. The van der Waals surface area contributed by atoms with Gasteiger partial charge in [-0.3, -0.25) is 4.79 Å². The fourth-order valence-electron chi connectivity index (χ4n) is 9.21. The molecule has 4 heteroatoms. The Morgan fingerprint density at radius 3 is 2.64 bits per heavy atom. The molecule has 5 aliphatic rings. The number of aliphatic hydroxyl groups is 1. The quantitative estimate of drug-likeness (QED) is 0.686. The van der Waals surface area contributed by atoms with Gasteiger partial charge in [0.2, 0.25) is 0 Å². The lowest BCUT2D eigenvalue weighted by Crippen LogP contribution is -2.60. The van der Waals surface area contributed by atoms with Crippen LogP contribution in [-0.4, -0.2) is 34.0 Å². The van der Waals surface area contributed by atoms with Gasteiger partial charge in [0, 0.05) is 11.8 Å². The molecule has 28 heavy (non-hydrogen) atoms. The second-order valence-electron chi connectivity index (χ2n) is 11.5. The molecule has 10 atom stereocenters. The van der Waals surface area contributed by atoms with Crippen molar-refractivity contribution in [2.24, 2.45) is 40.4 Å². The van der Waals surface area contributed by atoms with Crippen molar-refractivity contribution >= 4 is 5.97 Å². The van der Waals surface area contributed by atoms with Crippen LogP contribution < -0.4 is 0 Å². The predicted molar refractivity (Wildman–Crippen MR) is 107 cm³/mol. The fraction of sp³-hybridized carbons (Fsp3) is 0.958. The summed E-state index contributed by atoms with van der Waals surface area (Å²) in [5.41, 5.74) is 0.637. The Bertz CT molecular complexity index is 663. The van der Waals surface area contributed by atoms with E-state index in [-0.39, 0.29) is 17.1 Å². The Labute approximate surface area is 169 Å². The van der Waals surface area contributed by atoms with Gasteiger partial charge >= 0.3 is 5.97 Å². The van der Waals surface area contributed by atoms with Crippen molar-refractivity contribution < 1.29 is 19.7 Å². The van der Waals surface area contributed by atoms with E-state index in [0.717, 1.165) is 31.6 Å². The molecule has 1 spiro atoms. The predicted octanol–water partition coefficient (Wildman–Crippen LogP) is 4.64. The molecule has 0 amide bonds. The summed E-state index contributed by atoms with van der Waals surface area (Å²) >= 11 is 0. The molecule has 4 saturated carbocycles. The number of carboxylic acids is 1. The first kappa shape index (κ1) is 19.4. The average Bonchev–Trinajstić information content (AvgIpc) is 3.25.